The fraction of sp³-hybridized carbons (Fsp3) is 0.333. The Morgan fingerprint density at radius 2 is 1.71 bits per heavy atom. The van der Waals surface area contributed by atoms with E-state index in [0.29, 0.717) is 18.4 Å². The molecule has 0 aliphatic heterocycles. The molecule has 162 valence electrons. The molecule has 3 heterocycles. The van der Waals surface area contributed by atoms with E-state index in [1.165, 1.54) is 39.8 Å². The normalized spacial score (nSPS) is 11.6. The highest BCUT2D eigenvalue weighted by Gasteiger charge is 2.24. The van der Waals surface area contributed by atoms with Crippen molar-refractivity contribution in [3.05, 3.63) is 72.4 Å². The van der Waals surface area contributed by atoms with Gasteiger partial charge in [0.1, 0.15) is 5.82 Å². The van der Waals surface area contributed by atoms with Crippen molar-refractivity contribution in [2.24, 2.45) is 14.1 Å². The highest BCUT2D eigenvalue weighted by Crippen LogP contribution is 2.23. The smallest absolute Gasteiger partial charge is 0.332 e. The fourth-order valence-corrected chi connectivity index (χ4v) is 3.74. The molecular weight excluding hydrogens is 405 g/mol. The molecule has 1 N–H and O–H groups in total. The number of aromatic nitrogens is 5. The van der Waals surface area contributed by atoms with E-state index < -0.39 is 22.6 Å². The summed E-state index contributed by atoms with van der Waals surface area (Å²) in [5.74, 6) is -0.733. The standard InChI is InChI=1S/C21H22FN5O4/c1-4-5-6-14-17(28)26(11-12-7-9-13(22)10-8-12)20-23-16-15(27(20)18(14)29)19(30)25(3)21(31)24(16)2/h7-10,29H,4-6,11H2,1-3H3. The molecule has 4 rings (SSSR count). The molecule has 4 aromatic rings. The average molecular weight is 427 g/mol. The highest BCUT2D eigenvalue weighted by molar-refractivity contribution is 5.76. The number of hydrogen-bond acceptors (Lipinski definition) is 5. The van der Waals surface area contributed by atoms with Crippen LogP contribution in [0.25, 0.3) is 16.9 Å². The molecule has 0 unspecified atom stereocenters. The Labute approximate surface area is 175 Å². The van der Waals surface area contributed by atoms with E-state index in [1.54, 1.807) is 12.1 Å². The topological polar surface area (TPSA) is 104 Å². The number of aromatic hydroxyl groups is 1. The number of hydrogen-bond donors (Lipinski definition) is 1. The summed E-state index contributed by atoms with van der Waals surface area (Å²) in [5.41, 5.74) is -0.780. The van der Waals surface area contributed by atoms with Crippen LogP contribution in [-0.2, 0) is 27.1 Å². The first kappa shape index (κ1) is 20.6. The molecule has 9 nitrogen and oxygen atoms in total. The number of rotatable bonds is 5. The molecule has 0 radical (unpaired) electrons. The Balaban J connectivity index is 2.14. The van der Waals surface area contributed by atoms with Gasteiger partial charge in [0.25, 0.3) is 11.1 Å². The quantitative estimate of drug-likeness (QED) is 0.517. The van der Waals surface area contributed by atoms with Crippen LogP contribution >= 0.6 is 0 Å². The highest BCUT2D eigenvalue weighted by atomic mass is 19.1. The lowest BCUT2D eigenvalue weighted by atomic mass is 10.1. The van der Waals surface area contributed by atoms with E-state index in [1.807, 2.05) is 6.92 Å². The first-order valence-corrected chi connectivity index (χ1v) is 9.93. The molecule has 1 aromatic carbocycles. The zero-order chi connectivity index (χ0) is 22.4. The van der Waals surface area contributed by atoms with Gasteiger partial charge in [0.15, 0.2) is 11.2 Å². The first-order chi connectivity index (χ1) is 14.8. The minimum absolute atomic E-state index is 0.00250. The number of unbranched alkanes of at least 4 members (excludes halogenated alkanes) is 1. The lowest BCUT2D eigenvalue weighted by molar-refractivity contribution is 0.432. The van der Waals surface area contributed by atoms with Crippen molar-refractivity contribution in [1.29, 1.82) is 0 Å². The lowest BCUT2D eigenvalue weighted by Gasteiger charge is -2.13. The van der Waals surface area contributed by atoms with Crippen LogP contribution < -0.4 is 16.8 Å². The maximum absolute atomic E-state index is 13.3. The van der Waals surface area contributed by atoms with Gasteiger partial charge in [-0.15, -0.1) is 0 Å². The first-order valence-electron chi connectivity index (χ1n) is 9.93. The Kier molecular flexibility index (Phi) is 5.00. The number of imidazole rings is 1. The molecule has 10 heteroatoms. The van der Waals surface area contributed by atoms with Crippen LogP contribution in [-0.4, -0.2) is 28.2 Å². The van der Waals surface area contributed by atoms with Crippen LogP contribution in [0.1, 0.15) is 30.9 Å². The van der Waals surface area contributed by atoms with Crippen molar-refractivity contribution < 1.29 is 9.50 Å². The van der Waals surface area contributed by atoms with E-state index in [-0.39, 0.29) is 34.9 Å². The Morgan fingerprint density at radius 3 is 2.35 bits per heavy atom. The fourth-order valence-electron chi connectivity index (χ4n) is 3.74. The van der Waals surface area contributed by atoms with E-state index >= 15 is 0 Å². The molecule has 0 atom stereocenters. The minimum Gasteiger partial charge on any atom is -0.494 e. The molecular formula is C21H22FN5O4. The van der Waals surface area contributed by atoms with E-state index in [4.69, 9.17) is 0 Å². The monoisotopic (exact) mass is 427 g/mol. The zero-order valence-corrected chi connectivity index (χ0v) is 17.4. The molecule has 0 aliphatic rings. The van der Waals surface area contributed by atoms with Gasteiger partial charge in [-0.1, -0.05) is 25.5 Å². The average Bonchev–Trinajstić information content (AvgIpc) is 3.16. The van der Waals surface area contributed by atoms with Gasteiger partial charge in [-0.2, -0.15) is 4.98 Å². The SMILES string of the molecule is CCCCc1c(O)n2c3c(=O)n(C)c(=O)n(C)c3nc2n(Cc2ccc(F)cc2)c1=O. The molecule has 3 aromatic heterocycles. The third-order valence-electron chi connectivity index (χ3n) is 5.50. The van der Waals surface area contributed by atoms with E-state index in [9.17, 15) is 23.9 Å². The van der Waals surface area contributed by atoms with Crippen LogP contribution in [0.5, 0.6) is 5.88 Å². The van der Waals surface area contributed by atoms with Crippen LogP contribution in [0.3, 0.4) is 0 Å². The van der Waals surface area contributed by atoms with Crippen LogP contribution in [0, 0.1) is 5.82 Å². The third kappa shape index (κ3) is 3.15. The van der Waals surface area contributed by atoms with Crippen LogP contribution in [0.2, 0.25) is 0 Å². The summed E-state index contributed by atoms with van der Waals surface area (Å²) in [4.78, 5) is 42.9. The van der Waals surface area contributed by atoms with Crippen molar-refractivity contribution in [3.63, 3.8) is 0 Å². The molecule has 0 spiro atoms. The number of nitrogens with zero attached hydrogens (tertiary/aromatic N) is 5. The van der Waals surface area contributed by atoms with Crippen molar-refractivity contribution in [2.75, 3.05) is 0 Å². The largest absolute Gasteiger partial charge is 0.494 e. The van der Waals surface area contributed by atoms with Crippen molar-refractivity contribution in [1.82, 2.24) is 23.1 Å². The maximum atomic E-state index is 13.3. The van der Waals surface area contributed by atoms with E-state index in [0.717, 1.165) is 11.0 Å². The third-order valence-corrected chi connectivity index (χ3v) is 5.50. The predicted molar refractivity (Wildman–Crippen MR) is 113 cm³/mol. The van der Waals surface area contributed by atoms with Gasteiger partial charge in [0.05, 0.1) is 12.1 Å². The zero-order valence-electron chi connectivity index (χ0n) is 17.4. The summed E-state index contributed by atoms with van der Waals surface area (Å²) in [7, 11) is 2.81. The second-order valence-corrected chi connectivity index (χ2v) is 7.55. The van der Waals surface area contributed by atoms with Crippen LogP contribution in [0.4, 0.5) is 4.39 Å². The summed E-state index contributed by atoms with van der Waals surface area (Å²) >= 11 is 0. The van der Waals surface area contributed by atoms with Gasteiger partial charge in [0, 0.05) is 14.1 Å². The van der Waals surface area contributed by atoms with Crippen molar-refractivity contribution >= 4 is 16.9 Å². The summed E-state index contributed by atoms with van der Waals surface area (Å²) in [6, 6.07) is 5.68. The molecule has 0 amide bonds. The number of benzene rings is 1. The summed E-state index contributed by atoms with van der Waals surface area (Å²) in [6.07, 6.45) is 1.77. The van der Waals surface area contributed by atoms with Gasteiger partial charge in [-0.25, -0.2) is 13.6 Å². The van der Waals surface area contributed by atoms with Crippen molar-refractivity contribution in [2.45, 2.75) is 32.7 Å². The van der Waals surface area contributed by atoms with Crippen molar-refractivity contribution in [3.8, 4) is 5.88 Å². The Bertz CT molecular complexity index is 1490. The predicted octanol–water partition coefficient (Wildman–Crippen LogP) is 1.28. The maximum Gasteiger partial charge on any atom is 0.332 e. The molecule has 31 heavy (non-hydrogen) atoms. The second-order valence-electron chi connectivity index (χ2n) is 7.55. The van der Waals surface area contributed by atoms with Gasteiger partial charge >= 0.3 is 5.69 Å². The lowest BCUT2D eigenvalue weighted by Crippen LogP contribution is -2.37. The summed E-state index contributed by atoms with van der Waals surface area (Å²) in [5, 5.41) is 11.0. The second kappa shape index (κ2) is 7.53. The molecule has 0 saturated heterocycles. The van der Waals surface area contributed by atoms with Gasteiger partial charge in [0.2, 0.25) is 11.7 Å². The molecule has 0 aliphatic carbocycles. The molecule has 0 bridgehead atoms. The number of fused-ring (bicyclic) bond motifs is 3. The Hall–Kier alpha value is -3.69. The summed E-state index contributed by atoms with van der Waals surface area (Å²) < 4.78 is 18.0. The minimum atomic E-state index is -0.630. The Morgan fingerprint density at radius 1 is 1.03 bits per heavy atom. The van der Waals surface area contributed by atoms with Gasteiger partial charge in [-0.3, -0.25) is 23.3 Å². The van der Waals surface area contributed by atoms with Gasteiger partial charge in [-0.05, 0) is 30.5 Å². The molecule has 0 saturated carbocycles. The van der Waals surface area contributed by atoms with Crippen LogP contribution in [0.15, 0.2) is 38.6 Å². The van der Waals surface area contributed by atoms with E-state index in [2.05, 4.69) is 4.98 Å². The summed E-state index contributed by atoms with van der Waals surface area (Å²) in [6.45, 7) is 2.02. The molecule has 0 fully saturated rings. The van der Waals surface area contributed by atoms with Gasteiger partial charge < -0.3 is 5.11 Å². The number of halogens is 1. The number of aryl methyl sites for hydroxylation is 1.